The predicted octanol–water partition coefficient (Wildman–Crippen LogP) is 2.13. The zero-order valence-corrected chi connectivity index (χ0v) is 9.99. The molecule has 5 nitrogen and oxygen atoms in total. The van der Waals surface area contributed by atoms with Crippen LogP contribution in [0.15, 0.2) is 30.5 Å². The van der Waals surface area contributed by atoms with E-state index >= 15 is 0 Å². The Balaban J connectivity index is 2.10. The lowest BCUT2D eigenvalue weighted by Gasteiger charge is -2.07. The molecule has 7 heteroatoms. The Bertz CT molecular complexity index is 552. The number of hydrogen-bond acceptors (Lipinski definition) is 5. The highest BCUT2D eigenvalue weighted by molar-refractivity contribution is 6.30. The monoisotopic (exact) mass is 268 g/mol. The number of benzene rings is 1. The Morgan fingerprint density at radius 2 is 2.28 bits per heavy atom. The lowest BCUT2D eigenvalue weighted by atomic mass is 10.2. The second-order valence-electron chi connectivity index (χ2n) is 3.41. The van der Waals surface area contributed by atoms with Crippen molar-refractivity contribution in [3.8, 4) is 5.88 Å². The topological polar surface area (TPSA) is 73.1 Å². The van der Waals surface area contributed by atoms with Gasteiger partial charge >= 0.3 is 0 Å². The zero-order chi connectivity index (χ0) is 13.0. The second kappa shape index (κ2) is 5.61. The maximum Gasteiger partial charge on any atom is 0.255 e. The van der Waals surface area contributed by atoms with Crippen LogP contribution in [0.1, 0.15) is 5.56 Å². The van der Waals surface area contributed by atoms with Gasteiger partial charge in [0.15, 0.2) is 0 Å². The molecule has 0 atom stereocenters. The molecule has 0 aliphatic rings. The smallest absolute Gasteiger partial charge is 0.255 e. The molecular weight excluding hydrogens is 259 g/mol. The fourth-order valence-electron chi connectivity index (χ4n) is 1.30. The summed E-state index contributed by atoms with van der Waals surface area (Å²) in [6, 6.07) is 7.06. The molecule has 0 bridgehead atoms. The van der Waals surface area contributed by atoms with Gasteiger partial charge in [-0.15, -0.1) is 0 Å². The average Bonchev–Trinajstić information content (AvgIpc) is 2.38. The van der Waals surface area contributed by atoms with E-state index in [0.29, 0.717) is 5.02 Å². The summed E-state index contributed by atoms with van der Waals surface area (Å²) in [4.78, 5) is 7.35. The molecule has 94 valence electrons. The van der Waals surface area contributed by atoms with Crippen LogP contribution in [0.2, 0.25) is 5.02 Å². The third-order valence-electron chi connectivity index (χ3n) is 2.11. The van der Waals surface area contributed by atoms with E-state index in [4.69, 9.17) is 22.2 Å². The van der Waals surface area contributed by atoms with E-state index in [1.807, 2.05) is 6.07 Å². The van der Waals surface area contributed by atoms with Gasteiger partial charge in [0.2, 0.25) is 11.8 Å². The van der Waals surface area contributed by atoms with Gasteiger partial charge < -0.3 is 4.74 Å². The van der Waals surface area contributed by atoms with Crippen LogP contribution >= 0.6 is 11.6 Å². The number of hydrogen-bond donors (Lipinski definition) is 2. The fourth-order valence-corrected chi connectivity index (χ4v) is 1.51. The molecule has 18 heavy (non-hydrogen) atoms. The Kier molecular flexibility index (Phi) is 3.91. The average molecular weight is 269 g/mol. The van der Waals surface area contributed by atoms with Crippen molar-refractivity contribution in [2.24, 2.45) is 5.84 Å². The highest BCUT2D eigenvalue weighted by Gasteiger charge is 2.08. The molecule has 1 heterocycles. The summed E-state index contributed by atoms with van der Waals surface area (Å²) in [5, 5.41) is 0.587. The molecule has 1 aromatic carbocycles. The van der Waals surface area contributed by atoms with Crippen molar-refractivity contribution >= 4 is 17.5 Å². The minimum Gasteiger partial charge on any atom is -0.471 e. The molecule has 2 aromatic rings. The number of ether oxygens (including phenoxy) is 1. The molecule has 0 amide bonds. The standard InChI is InChI=1S/C11H10ClFN4O/c12-8-3-1-2-7(4-8)6-18-10-9(13)5-15-11(16-10)17-14/h1-5H,6,14H2,(H,15,16,17). The van der Waals surface area contributed by atoms with Crippen LogP contribution in [-0.2, 0) is 6.61 Å². The van der Waals surface area contributed by atoms with Crippen molar-refractivity contribution in [1.82, 2.24) is 9.97 Å². The van der Waals surface area contributed by atoms with Gasteiger partial charge in [0.25, 0.3) is 5.88 Å². The van der Waals surface area contributed by atoms with E-state index in [1.165, 1.54) is 0 Å². The molecule has 0 aliphatic heterocycles. The van der Waals surface area contributed by atoms with Gasteiger partial charge in [0, 0.05) is 5.02 Å². The summed E-state index contributed by atoms with van der Waals surface area (Å²) >= 11 is 5.82. The normalized spacial score (nSPS) is 10.2. The highest BCUT2D eigenvalue weighted by Crippen LogP contribution is 2.17. The third kappa shape index (κ3) is 3.06. The van der Waals surface area contributed by atoms with E-state index in [0.717, 1.165) is 11.8 Å². The van der Waals surface area contributed by atoms with Crippen LogP contribution in [0.5, 0.6) is 5.88 Å². The van der Waals surface area contributed by atoms with Crippen LogP contribution < -0.4 is 16.0 Å². The van der Waals surface area contributed by atoms with Gasteiger partial charge in [0.05, 0.1) is 6.20 Å². The Morgan fingerprint density at radius 1 is 1.44 bits per heavy atom. The van der Waals surface area contributed by atoms with Crippen molar-refractivity contribution < 1.29 is 9.13 Å². The van der Waals surface area contributed by atoms with Crippen molar-refractivity contribution in [3.63, 3.8) is 0 Å². The Labute approximate surface area is 108 Å². The number of hydrazine groups is 1. The Hall–Kier alpha value is -1.92. The van der Waals surface area contributed by atoms with E-state index in [1.54, 1.807) is 18.2 Å². The number of nitrogen functional groups attached to an aromatic ring is 1. The summed E-state index contributed by atoms with van der Waals surface area (Å²) in [7, 11) is 0. The van der Waals surface area contributed by atoms with Crippen LogP contribution in [-0.4, -0.2) is 9.97 Å². The summed E-state index contributed by atoms with van der Waals surface area (Å²) < 4.78 is 18.6. The van der Waals surface area contributed by atoms with Gasteiger partial charge in [-0.1, -0.05) is 23.7 Å². The fraction of sp³-hybridized carbons (Fsp3) is 0.0909. The van der Waals surface area contributed by atoms with Crippen molar-refractivity contribution in [2.75, 3.05) is 5.43 Å². The summed E-state index contributed by atoms with van der Waals surface area (Å²) in [6.07, 6.45) is 0.982. The number of aromatic nitrogens is 2. The minimum atomic E-state index is -0.656. The van der Waals surface area contributed by atoms with Gasteiger partial charge in [-0.05, 0) is 17.7 Å². The third-order valence-corrected chi connectivity index (χ3v) is 2.34. The van der Waals surface area contributed by atoms with Crippen LogP contribution in [0.25, 0.3) is 0 Å². The first-order valence-electron chi connectivity index (χ1n) is 5.05. The van der Waals surface area contributed by atoms with Crippen LogP contribution in [0.4, 0.5) is 10.3 Å². The maximum absolute atomic E-state index is 13.3. The number of nitrogens with two attached hydrogens (primary N) is 1. The minimum absolute atomic E-state index is 0.0810. The van der Waals surface area contributed by atoms with Gasteiger partial charge in [-0.25, -0.2) is 10.8 Å². The zero-order valence-electron chi connectivity index (χ0n) is 9.23. The quantitative estimate of drug-likeness (QED) is 0.656. The summed E-state index contributed by atoms with van der Waals surface area (Å²) in [5.41, 5.74) is 3.02. The largest absolute Gasteiger partial charge is 0.471 e. The van der Waals surface area contributed by atoms with Gasteiger partial charge in [0.1, 0.15) is 6.61 Å². The van der Waals surface area contributed by atoms with Crippen molar-refractivity contribution in [3.05, 3.63) is 46.9 Å². The summed E-state index contributed by atoms with van der Waals surface area (Å²) in [5.74, 6) is 4.38. The molecule has 0 spiro atoms. The van der Waals surface area contributed by atoms with Crippen LogP contribution in [0, 0.1) is 5.82 Å². The first-order valence-corrected chi connectivity index (χ1v) is 5.43. The predicted molar refractivity (Wildman–Crippen MR) is 65.6 cm³/mol. The molecular formula is C11H10ClFN4O. The van der Waals surface area contributed by atoms with Crippen LogP contribution in [0.3, 0.4) is 0 Å². The van der Waals surface area contributed by atoms with Gasteiger partial charge in [-0.2, -0.15) is 9.37 Å². The van der Waals surface area contributed by atoms with E-state index in [-0.39, 0.29) is 18.4 Å². The molecule has 0 unspecified atom stereocenters. The van der Waals surface area contributed by atoms with Gasteiger partial charge in [-0.3, -0.25) is 5.43 Å². The number of nitrogens with one attached hydrogen (secondary N) is 1. The molecule has 0 saturated carbocycles. The molecule has 3 N–H and O–H groups in total. The number of halogens is 2. The molecule has 1 aromatic heterocycles. The van der Waals surface area contributed by atoms with Crippen molar-refractivity contribution in [1.29, 1.82) is 0 Å². The molecule has 0 saturated heterocycles. The first kappa shape index (κ1) is 12.5. The highest BCUT2D eigenvalue weighted by atomic mass is 35.5. The maximum atomic E-state index is 13.3. The lowest BCUT2D eigenvalue weighted by Crippen LogP contribution is -2.11. The molecule has 0 fully saturated rings. The lowest BCUT2D eigenvalue weighted by molar-refractivity contribution is 0.276. The number of nitrogens with zero attached hydrogens (tertiary/aromatic N) is 2. The number of anilines is 1. The van der Waals surface area contributed by atoms with Crippen molar-refractivity contribution in [2.45, 2.75) is 6.61 Å². The van der Waals surface area contributed by atoms with E-state index < -0.39 is 5.82 Å². The number of rotatable bonds is 4. The molecule has 0 radical (unpaired) electrons. The second-order valence-corrected chi connectivity index (χ2v) is 3.85. The Morgan fingerprint density at radius 3 is 3.00 bits per heavy atom. The SMILES string of the molecule is NNc1ncc(F)c(OCc2cccc(Cl)c2)n1. The summed E-state index contributed by atoms with van der Waals surface area (Å²) in [6.45, 7) is 0.151. The van der Waals surface area contributed by atoms with E-state index in [9.17, 15) is 4.39 Å². The van der Waals surface area contributed by atoms with E-state index in [2.05, 4.69) is 15.4 Å². The molecule has 0 aliphatic carbocycles. The molecule has 2 rings (SSSR count). The first-order chi connectivity index (χ1) is 8.69.